The molecule has 0 radical (unpaired) electrons. The third kappa shape index (κ3) is 4.29. The van der Waals surface area contributed by atoms with Crippen molar-refractivity contribution in [2.75, 3.05) is 26.1 Å². The molecule has 7 heteroatoms. The van der Waals surface area contributed by atoms with E-state index in [0.717, 1.165) is 42.8 Å². The topological polar surface area (TPSA) is 76.6 Å². The molecule has 26 heavy (non-hydrogen) atoms. The minimum Gasteiger partial charge on any atom is -0.496 e. The molecule has 1 saturated heterocycles. The van der Waals surface area contributed by atoms with Crippen LogP contribution in [0.3, 0.4) is 0 Å². The number of nitrogens with one attached hydrogen (secondary N) is 1. The highest BCUT2D eigenvalue weighted by Gasteiger charge is 2.29. The summed E-state index contributed by atoms with van der Waals surface area (Å²) < 4.78 is 10.5. The summed E-state index contributed by atoms with van der Waals surface area (Å²) in [4.78, 5) is 22.8. The van der Waals surface area contributed by atoms with E-state index in [2.05, 4.69) is 21.4 Å². The van der Waals surface area contributed by atoms with Gasteiger partial charge < -0.3 is 14.4 Å². The van der Waals surface area contributed by atoms with E-state index in [1.54, 1.807) is 20.3 Å². The lowest BCUT2D eigenvalue weighted by Crippen LogP contribution is -2.40. The zero-order chi connectivity index (χ0) is 18.4. The highest BCUT2D eigenvalue weighted by molar-refractivity contribution is 5.88. The van der Waals surface area contributed by atoms with E-state index >= 15 is 0 Å². The molecule has 1 N–H and O–H groups in total. The minimum atomic E-state index is -0.135. The summed E-state index contributed by atoms with van der Waals surface area (Å²) in [6.07, 6.45) is 4.17. The summed E-state index contributed by atoms with van der Waals surface area (Å²) in [5.74, 6) is 1.35. The van der Waals surface area contributed by atoms with Crippen LogP contribution < -0.4 is 10.1 Å². The van der Waals surface area contributed by atoms with Crippen LogP contribution in [0.25, 0.3) is 0 Å². The number of nitrogens with zero attached hydrogens (tertiary/aromatic N) is 3. The lowest BCUT2D eigenvalue weighted by molar-refractivity contribution is 0.181. The van der Waals surface area contributed by atoms with Gasteiger partial charge in [-0.3, -0.25) is 5.32 Å². The van der Waals surface area contributed by atoms with Gasteiger partial charge in [0.2, 0.25) is 0 Å². The van der Waals surface area contributed by atoms with Crippen molar-refractivity contribution in [2.24, 2.45) is 0 Å². The molecule has 1 atom stereocenters. The number of hydrogen-bond acceptors (Lipinski definition) is 5. The second-order valence-electron chi connectivity index (χ2n) is 6.26. The van der Waals surface area contributed by atoms with Crippen molar-refractivity contribution in [2.45, 2.75) is 31.9 Å². The molecule has 1 aliphatic heterocycles. The van der Waals surface area contributed by atoms with Crippen LogP contribution in [0.2, 0.25) is 0 Å². The summed E-state index contributed by atoms with van der Waals surface area (Å²) in [7, 11) is 3.28. The number of urea groups is 1. The molecule has 0 saturated carbocycles. The monoisotopic (exact) mass is 356 g/mol. The number of ether oxygens (including phenoxy) is 2. The molecule has 138 valence electrons. The Morgan fingerprint density at radius 3 is 2.96 bits per heavy atom. The van der Waals surface area contributed by atoms with Crippen molar-refractivity contribution >= 4 is 11.8 Å². The first-order valence-corrected chi connectivity index (χ1v) is 8.70. The van der Waals surface area contributed by atoms with Gasteiger partial charge in [0.15, 0.2) is 0 Å². The number of methoxy groups -OCH3 is 2. The van der Waals surface area contributed by atoms with Gasteiger partial charge in [-0.15, -0.1) is 0 Å². The maximum Gasteiger partial charge on any atom is 0.323 e. The Hall–Kier alpha value is -2.67. The Bertz CT molecular complexity index is 753. The van der Waals surface area contributed by atoms with E-state index in [-0.39, 0.29) is 12.1 Å². The first kappa shape index (κ1) is 18.1. The zero-order valence-corrected chi connectivity index (χ0v) is 15.1. The number of aromatic nitrogens is 2. The Morgan fingerprint density at radius 1 is 1.31 bits per heavy atom. The van der Waals surface area contributed by atoms with Crippen LogP contribution in [0.1, 0.15) is 24.1 Å². The SMILES string of the molecule is COCc1cc(NC(=O)N2CCCC2Cc2ccccc2OC)ncn1. The largest absolute Gasteiger partial charge is 0.496 e. The van der Waals surface area contributed by atoms with Crippen LogP contribution in [0, 0.1) is 0 Å². The van der Waals surface area contributed by atoms with Crippen molar-refractivity contribution in [1.82, 2.24) is 14.9 Å². The summed E-state index contributed by atoms with van der Waals surface area (Å²) in [5, 5.41) is 2.88. The molecule has 1 fully saturated rings. The molecule has 1 aromatic heterocycles. The smallest absolute Gasteiger partial charge is 0.323 e. The van der Waals surface area contributed by atoms with Crippen LogP contribution in [0.4, 0.5) is 10.6 Å². The normalized spacial score (nSPS) is 16.5. The predicted molar refractivity (Wildman–Crippen MR) is 98.2 cm³/mol. The van der Waals surface area contributed by atoms with Crippen molar-refractivity contribution < 1.29 is 14.3 Å². The number of hydrogen-bond donors (Lipinski definition) is 1. The van der Waals surface area contributed by atoms with Gasteiger partial charge >= 0.3 is 6.03 Å². The van der Waals surface area contributed by atoms with Gasteiger partial charge in [-0.05, 0) is 30.9 Å². The van der Waals surface area contributed by atoms with E-state index in [9.17, 15) is 4.79 Å². The summed E-state index contributed by atoms with van der Waals surface area (Å²) in [5.41, 5.74) is 1.84. The number of carbonyl (C=O) groups excluding carboxylic acids is 1. The molecule has 2 aromatic rings. The van der Waals surface area contributed by atoms with Crippen LogP contribution in [-0.4, -0.2) is 47.7 Å². The standard InChI is InChI=1S/C19H24N4O3/c1-25-12-15-11-18(21-13-20-15)22-19(24)23-9-5-7-16(23)10-14-6-3-4-8-17(14)26-2/h3-4,6,8,11,13,16H,5,7,9-10,12H2,1-2H3,(H,20,21,22,24). The zero-order valence-electron chi connectivity index (χ0n) is 15.1. The molecule has 7 nitrogen and oxygen atoms in total. The van der Waals surface area contributed by atoms with E-state index in [1.807, 2.05) is 23.1 Å². The predicted octanol–water partition coefficient (Wildman–Crippen LogP) is 2.87. The molecule has 0 spiro atoms. The molecule has 0 bridgehead atoms. The third-order valence-electron chi connectivity index (χ3n) is 4.54. The Balaban J connectivity index is 1.67. The minimum absolute atomic E-state index is 0.135. The van der Waals surface area contributed by atoms with Crippen LogP contribution in [0.5, 0.6) is 5.75 Å². The van der Waals surface area contributed by atoms with Gasteiger partial charge in [0.1, 0.15) is 17.9 Å². The summed E-state index contributed by atoms with van der Waals surface area (Å²) in [6.45, 7) is 1.12. The highest BCUT2D eigenvalue weighted by atomic mass is 16.5. The van der Waals surface area contributed by atoms with E-state index in [0.29, 0.717) is 12.4 Å². The number of anilines is 1. The molecule has 2 heterocycles. The van der Waals surface area contributed by atoms with Crippen LogP contribution in [0.15, 0.2) is 36.7 Å². The van der Waals surface area contributed by atoms with Gasteiger partial charge in [-0.2, -0.15) is 0 Å². The van der Waals surface area contributed by atoms with Crippen LogP contribution >= 0.6 is 0 Å². The molecule has 3 rings (SSSR count). The molecule has 1 aromatic carbocycles. The second kappa shape index (κ2) is 8.62. The molecule has 1 aliphatic rings. The summed E-state index contributed by atoms with van der Waals surface area (Å²) >= 11 is 0. The second-order valence-corrected chi connectivity index (χ2v) is 6.26. The average molecular weight is 356 g/mol. The molecule has 2 amide bonds. The molecular formula is C19H24N4O3. The van der Waals surface area contributed by atoms with Crippen molar-refractivity contribution in [3.63, 3.8) is 0 Å². The quantitative estimate of drug-likeness (QED) is 0.861. The number of rotatable bonds is 6. The highest BCUT2D eigenvalue weighted by Crippen LogP contribution is 2.26. The number of carbonyl (C=O) groups is 1. The number of benzene rings is 1. The maximum absolute atomic E-state index is 12.7. The Labute approximate surface area is 153 Å². The Morgan fingerprint density at radius 2 is 2.15 bits per heavy atom. The van der Waals surface area contributed by atoms with Gasteiger partial charge in [-0.25, -0.2) is 14.8 Å². The Kier molecular flexibility index (Phi) is 6.01. The van der Waals surface area contributed by atoms with Gasteiger partial charge in [0.05, 0.1) is 19.4 Å². The lowest BCUT2D eigenvalue weighted by Gasteiger charge is -2.25. The third-order valence-corrected chi connectivity index (χ3v) is 4.54. The van der Waals surface area contributed by atoms with Crippen molar-refractivity contribution in [3.05, 3.63) is 47.9 Å². The van der Waals surface area contributed by atoms with E-state index in [4.69, 9.17) is 9.47 Å². The van der Waals surface area contributed by atoms with Crippen molar-refractivity contribution in [3.8, 4) is 5.75 Å². The molecular weight excluding hydrogens is 332 g/mol. The fourth-order valence-electron chi connectivity index (χ4n) is 3.31. The summed E-state index contributed by atoms with van der Waals surface area (Å²) in [6, 6.07) is 9.69. The fourth-order valence-corrected chi connectivity index (χ4v) is 3.31. The molecule has 1 unspecified atom stereocenters. The van der Waals surface area contributed by atoms with E-state index < -0.39 is 0 Å². The first-order chi connectivity index (χ1) is 12.7. The number of para-hydroxylation sites is 1. The van der Waals surface area contributed by atoms with Crippen LogP contribution in [-0.2, 0) is 17.8 Å². The van der Waals surface area contributed by atoms with Gasteiger partial charge in [-0.1, -0.05) is 18.2 Å². The fraction of sp³-hybridized carbons (Fsp3) is 0.421. The lowest BCUT2D eigenvalue weighted by atomic mass is 10.0. The van der Waals surface area contributed by atoms with E-state index in [1.165, 1.54) is 6.33 Å². The number of likely N-dealkylation sites (tertiary alicyclic amines) is 1. The van der Waals surface area contributed by atoms with Gasteiger partial charge in [0.25, 0.3) is 0 Å². The maximum atomic E-state index is 12.7. The van der Waals surface area contributed by atoms with Crippen molar-refractivity contribution in [1.29, 1.82) is 0 Å². The average Bonchev–Trinajstić information content (AvgIpc) is 3.11. The molecule has 0 aliphatic carbocycles. The number of amides is 2. The first-order valence-electron chi connectivity index (χ1n) is 8.70. The van der Waals surface area contributed by atoms with Gasteiger partial charge in [0, 0.05) is 25.8 Å².